The number of nitrogens with one attached hydrogen (secondary N) is 1. The standard InChI is InChI=1S/C22H23N3O/c1-17-9-11-21(12-10-17)24-22(26)25(15-19-7-5-13-23-14-19)16-20-8-4-3-6-18(20)2/h3-14H,15-16H2,1-2H3,(H,24,26). The van der Waals surface area contributed by atoms with E-state index in [-0.39, 0.29) is 6.03 Å². The first-order valence-electron chi connectivity index (χ1n) is 8.68. The highest BCUT2D eigenvalue weighted by Crippen LogP contribution is 2.16. The smallest absolute Gasteiger partial charge is 0.316 e. The predicted molar refractivity (Wildman–Crippen MR) is 105 cm³/mol. The second-order valence-electron chi connectivity index (χ2n) is 6.44. The fraction of sp³-hybridized carbons (Fsp3) is 0.182. The number of rotatable bonds is 5. The summed E-state index contributed by atoms with van der Waals surface area (Å²) in [6.07, 6.45) is 3.53. The largest absolute Gasteiger partial charge is 0.322 e. The van der Waals surface area contributed by atoms with E-state index in [1.54, 1.807) is 17.3 Å². The number of anilines is 1. The van der Waals surface area contributed by atoms with Crippen molar-refractivity contribution in [3.05, 3.63) is 95.3 Å². The van der Waals surface area contributed by atoms with Gasteiger partial charge in [0.25, 0.3) is 0 Å². The van der Waals surface area contributed by atoms with Crippen molar-refractivity contribution in [2.75, 3.05) is 5.32 Å². The SMILES string of the molecule is Cc1ccc(NC(=O)N(Cc2cccnc2)Cc2ccccc2C)cc1. The molecule has 3 aromatic rings. The van der Waals surface area contributed by atoms with E-state index in [0.717, 1.165) is 22.4 Å². The number of hydrogen-bond donors (Lipinski definition) is 1. The molecule has 4 nitrogen and oxygen atoms in total. The van der Waals surface area contributed by atoms with E-state index in [1.807, 2.05) is 55.5 Å². The highest BCUT2D eigenvalue weighted by Gasteiger charge is 2.16. The lowest BCUT2D eigenvalue weighted by molar-refractivity contribution is 0.206. The number of carbonyl (C=O) groups is 1. The highest BCUT2D eigenvalue weighted by molar-refractivity contribution is 5.89. The van der Waals surface area contributed by atoms with Crippen LogP contribution in [0.15, 0.2) is 73.1 Å². The molecule has 1 aromatic heterocycles. The maximum absolute atomic E-state index is 12.9. The van der Waals surface area contributed by atoms with Crippen molar-refractivity contribution < 1.29 is 4.79 Å². The van der Waals surface area contributed by atoms with Crippen LogP contribution in [0.4, 0.5) is 10.5 Å². The average molecular weight is 345 g/mol. The van der Waals surface area contributed by atoms with Crippen LogP contribution in [0.25, 0.3) is 0 Å². The molecule has 0 saturated heterocycles. The van der Waals surface area contributed by atoms with Gasteiger partial charge in [0.2, 0.25) is 0 Å². The maximum atomic E-state index is 12.9. The maximum Gasteiger partial charge on any atom is 0.322 e. The number of nitrogens with zero attached hydrogens (tertiary/aromatic N) is 2. The van der Waals surface area contributed by atoms with Gasteiger partial charge in [0.15, 0.2) is 0 Å². The predicted octanol–water partition coefficient (Wildman–Crippen LogP) is 4.93. The Morgan fingerprint density at radius 1 is 0.962 bits per heavy atom. The van der Waals surface area contributed by atoms with E-state index in [9.17, 15) is 4.79 Å². The van der Waals surface area contributed by atoms with Crippen LogP contribution in [0.5, 0.6) is 0 Å². The molecule has 0 saturated carbocycles. The summed E-state index contributed by atoms with van der Waals surface area (Å²) in [4.78, 5) is 18.9. The summed E-state index contributed by atoms with van der Waals surface area (Å²) >= 11 is 0. The summed E-state index contributed by atoms with van der Waals surface area (Å²) in [6.45, 7) is 5.13. The molecule has 0 bridgehead atoms. The first kappa shape index (κ1) is 17.7. The molecule has 2 amide bonds. The molecule has 26 heavy (non-hydrogen) atoms. The van der Waals surface area contributed by atoms with Gasteiger partial charge in [0, 0.05) is 31.2 Å². The lowest BCUT2D eigenvalue weighted by atomic mass is 10.1. The molecule has 4 heteroatoms. The minimum atomic E-state index is -0.124. The summed E-state index contributed by atoms with van der Waals surface area (Å²) < 4.78 is 0. The van der Waals surface area contributed by atoms with Gasteiger partial charge >= 0.3 is 6.03 Å². The minimum absolute atomic E-state index is 0.124. The zero-order chi connectivity index (χ0) is 18.4. The number of carbonyl (C=O) groups excluding carboxylic acids is 1. The van der Waals surface area contributed by atoms with Gasteiger partial charge in [0.05, 0.1) is 0 Å². The van der Waals surface area contributed by atoms with Gasteiger partial charge in [-0.3, -0.25) is 4.98 Å². The topological polar surface area (TPSA) is 45.2 Å². The van der Waals surface area contributed by atoms with Gasteiger partial charge in [-0.15, -0.1) is 0 Å². The highest BCUT2D eigenvalue weighted by atomic mass is 16.2. The Hall–Kier alpha value is -3.14. The fourth-order valence-electron chi connectivity index (χ4n) is 2.74. The van der Waals surface area contributed by atoms with Crippen molar-refractivity contribution in [2.24, 2.45) is 0 Å². The lowest BCUT2D eigenvalue weighted by Crippen LogP contribution is -2.34. The van der Waals surface area contributed by atoms with Crippen molar-refractivity contribution >= 4 is 11.7 Å². The number of pyridine rings is 1. The van der Waals surface area contributed by atoms with E-state index in [4.69, 9.17) is 0 Å². The Labute approximate surface area is 154 Å². The van der Waals surface area contributed by atoms with Gasteiger partial charge in [-0.1, -0.05) is 48.0 Å². The quantitative estimate of drug-likeness (QED) is 0.712. The summed E-state index contributed by atoms with van der Waals surface area (Å²) in [7, 11) is 0. The molecule has 0 unspecified atom stereocenters. The zero-order valence-corrected chi connectivity index (χ0v) is 15.1. The zero-order valence-electron chi connectivity index (χ0n) is 15.1. The molecule has 3 rings (SSSR count). The van der Waals surface area contributed by atoms with Crippen molar-refractivity contribution in [1.82, 2.24) is 9.88 Å². The van der Waals surface area contributed by atoms with E-state index in [2.05, 4.69) is 29.4 Å². The van der Waals surface area contributed by atoms with Crippen molar-refractivity contribution in [3.63, 3.8) is 0 Å². The van der Waals surface area contributed by atoms with Crippen LogP contribution in [0, 0.1) is 13.8 Å². The van der Waals surface area contributed by atoms with Crippen molar-refractivity contribution in [3.8, 4) is 0 Å². The molecule has 0 aliphatic rings. The monoisotopic (exact) mass is 345 g/mol. The lowest BCUT2D eigenvalue weighted by Gasteiger charge is -2.24. The number of benzene rings is 2. The van der Waals surface area contributed by atoms with Crippen LogP contribution in [-0.4, -0.2) is 15.9 Å². The molecule has 0 aliphatic carbocycles. The summed E-state index contributed by atoms with van der Waals surface area (Å²) in [5.41, 5.74) is 5.26. The number of amides is 2. The molecule has 0 spiro atoms. The number of hydrogen-bond acceptors (Lipinski definition) is 2. The Morgan fingerprint density at radius 3 is 2.42 bits per heavy atom. The summed E-state index contributed by atoms with van der Waals surface area (Å²) in [5.74, 6) is 0. The Kier molecular flexibility index (Phi) is 5.64. The van der Waals surface area contributed by atoms with Gasteiger partial charge < -0.3 is 10.2 Å². The molecular formula is C22H23N3O. The summed E-state index contributed by atoms with van der Waals surface area (Å²) in [6, 6.07) is 19.7. The van der Waals surface area contributed by atoms with Crippen LogP contribution < -0.4 is 5.32 Å². The van der Waals surface area contributed by atoms with E-state index in [0.29, 0.717) is 13.1 Å². The number of aromatic nitrogens is 1. The first-order chi connectivity index (χ1) is 12.6. The number of urea groups is 1. The molecule has 0 fully saturated rings. The second kappa shape index (κ2) is 8.30. The molecule has 0 radical (unpaired) electrons. The van der Waals surface area contributed by atoms with Gasteiger partial charge in [-0.05, 0) is 48.7 Å². The summed E-state index contributed by atoms with van der Waals surface area (Å²) in [5, 5.41) is 3.00. The molecule has 0 aliphatic heterocycles. The Morgan fingerprint density at radius 2 is 1.73 bits per heavy atom. The van der Waals surface area contributed by atoms with Gasteiger partial charge in [0.1, 0.15) is 0 Å². The third-order valence-electron chi connectivity index (χ3n) is 4.31. The molecule has 132 valence electrons. The van der Waals surface area contributed by atoms with Crippen LogP contribution in [0.1, 0.15) is 22.3 Å². The van der Waals surface area contributed by atoms with Gasteiger partial charge in [-0.2, -0.15) is 0 Å². The van der Waals surface area contributed by atoms with Crippen LogP contribution in [0.2, 0.25) is 0 Å². The Balaban J connectivity index is 1.80. The third-order valence-corrected chi connectivity index (χ3v) is 4.31. The van der Waals surface area contributed by atoms with Crippen LogP contribution in [-0.2, 0) is 13.1 Å². The fourth-order valence-corrected chi connectivity index (χ4v) is 2.74. The van der Waals surface area contributed by atoms with E-state index < -0.39 is 0 Å². The second-order valence-corrected chi connectivity index (χ2v) is 6.44. The number of aryl methyl sites for hydroxylation is 2. The minimum Gasteiger partial charge on any atom is -0.316 e. The molecule has 0 atom stereocenters. The molecule has 1 N–H and O–H groups in total. The van der Waals surface area contributed by atoms with Crippen molar-refractivity contribution in [2.45, 2.75) is 26.9 Å². The molecule has 1 heterocycles. The Bertz CT molecular complexity index is 860. The normalized spacial score (nSPS) is 10.4. The molecule has 2 aromatic carbocycles. The van der Waals surface area contributed by atoms with Crippen LogP contribution >= 0.6 is 0 Å². The van der Waals surface area contributed by atoms with E-state index >= 15 is 0 Å². The third kappa shape index (κ3) is 4.70. The van der Waals surface area contributed by atoms with Crippen molar-refractivity contribution in [1.29, 1.82) is 0 Å². The first-order valence-corrected chi connectivity index (χ1v) is 8.68. The van der Waals surface area contributed by atoms with Crippen LogP contribution in [0.3, 0.4) is 0 Å². The average Bonchev–Trinajstić information content (AvgIpc) is 2.65. The van der Waals surface area contributed by atoms with E-state index in [1.165, 1.54) is 5.56 Å². The van der Waals surface area contributed by atoms with Gasteiger partial charge in [-0.25, -0.2) is 4.79 Å². The molecular weight excluding hydrogens is 322 g/mol.